The van der Waals surface area contributed by atoms with Crippen molar-refractivity contribution in [3.05, 3.63) is 42.2 Å². The molecule has 2 heterocycles. The Bertz CT molecular complexity index is 529. The van der Waals surface area contributed by atoms with Crippen LogP contribution in [0.15, 0.2) is 40.9 Å². The van der Waals surface area contributed by atoms with Gasteiger partial charge in [0.15, 0.2) is 5.76 Å². The van der Waals surface area contributed by atoms with Crippen molar-refractivity contribution in [3.8, 4) is 11.3 Å². The molecule has 1 fully saturated rings. The van der Waals surface area contributed by atoms with Crippen LogP contribution in [0.25, 0.3) is 11.3 Å². The first-order chi connectivity index (χ1) is 9.35. The van der Waals surface area contributed by atoms with Crippen LogP contribution < -0.4 is 5.32 Å². The molecular weight excluding hydrogens is 274 g/mol. The molecule has 0 radical (unpaired) electrons. The molecule has 1 atom stereocenters. The summed E-state index contributed by atoms with van der Waals surface area (Å²) >= 11 is 0. The highest BCUT2D eigenvalue weighted by Gasteiger charge is 2.22. The van der Waals surface area contributed by atoms with E-state index in [1.807, 2.05) is 31.3 Å². The lowest BCUT2D eigenvalue weighted by molar-refractivity contribution is 0.269. The fraction of sp³-hybridized carbons (Fsp3) is 0.400. The number of aromatic nitrogens is 1. The third-order valence-electron chi connectivity index (χ3n) is 3.69. The summed E-state index contributed by atoms with van der Waals surface area (Å²) in [5.41, 5.74) is 2.02. The van der Waals surface area contributed by atoms with Gasteiger partial charge in [-0.2, -0.15) is 0 Å². The number of likely N-dealkylation sites (tertiary alicyclic amines) is 1. The van der Waals surface area contributed by atoms with Gasteiger partial charge < -0.3 is 9.84 Å². The maximum atomic E-state index is 5.44. The summed E-state index contributed by atoms with van der Waals surface area (Å²) in [6.45, 7) is 3.04. The van der Waals surface area contributed by atoms with E-state index in [4.69, 9.17) is 4.52 Å². The van der Waals surface area contributed by atoms with Crippen molar-refractivity contribution in [2.24, 2.45) is 0 Å². The van der Waals surface area contributed by atoms with Gasteiger partial charge in [0.05, 0.1) is 6.54 Å². The summed E-state index contributed by atoms with van der Waals surface area (Å²) in [4.78, 5) is 2.40. The molecule has 1 aromatic heterocycles. The van der Waals surface area contributed by atoms with Crippen LogP contribution in [-0.4, -0.2) is 36.2 Å². The van der Waals surface area contributed by atoms with Gasteiger partial charge in [-0.15, -0.1) is 12.4 Å². The van der Waals surface area contributed by atoms with Gasteiger partial charge >= 0.3 is 0 Å². The van der Waals surface area contributed by atoms with Crippen LogP contribution in [0.4, 0.5) is 0 Å². The second kappa shape index (κ2) is 6.88. The topological polar surface area (TPSA) is 41.3 Å². The van der Waals surface area contributed by atoms with E-state index in [-0.39, 0.29) is 12.4 Å². The predicted molar refractivity (Wildman–Crippen MR) is 81.9 cm³/mol. The summed E-state index contributed by atoms with van der Waals surface area (Å²) in [5, 5.41) is 7.47. The SMILES string of the molecule is CNC1CCN(Cc2cc(-c3ccccc3)no2)C1.Cl. The lowest BCUT2D eigenvalue weighted by Gasteiger charge is -2.13. The van der Waals surface area contributed by atoms with Crippen LogP contribution in [0, 0.1) is 0 Å². The minimum absolute atomic E-state index is 0. The summed E-state index contributed by atoms with van der Waals surface area (Å²) < 4.78 is 5.44. The van der Waals surface area contributed by atoms with Gasteiger partial charge in [-0.1, -0.05) is 35.5 Å². The number of hydrogen-bond donors (Lipinski definition) is 1. The minimum atomic E-state index is 0. The fourth-order valence-electron chi connectivity index (χ4n) is 2.56. The zero-order chi connectivity index (χ0) is 13.1. The molecule has 0 bridgehead atoms. The van der Waals surface area contributed by atoms with Crippen molar-refractivity contribution >= 4 is 12.4 Å². The third kappa shape index (κ3) is 3.39. The molecule has 5 heteroatoms. The molecule has 2 aromatic rings. The first kappa shape index (κ1) is 15.0. The second-order valence-corrected chi connectivity index (χ2v) is 5.05. The zero-order valence-corrected chi connectivity index (χ0v) is 12.4. The van der Waals surface area contributed by atoms with Gasteiger partial charge in [0.25, 0.3) is 0 Å². The van der Waals surface area contributed by atoms with Gasteiger partial charge in [0, 0.05) is 30.8 Å². The van der Waals surface area contributed by atoms with Crippen LogP contribution in [0.1, 0.15) is 12.2 Å². The number of nitrogens with zero attached hydrogens (tertiary/aromatic N) is 2. The molecule has 1 N–H and O–H groups in total. The molecule has 0 aliphatic carbocycles. The van der Waals surface area contributed by atoms with Crippen LogP contribution in [0.3, 0.4) is 0 Å². The molecule has 4 nitrogen and oxygen atoms in total. The van der Waals surface area contributed by atoms with E-state index in [9.17, 15) is 0 Å². The van der Waals surface area contributed by atoms with E-state index >= 15 is 0 Å². The molecule has 20 heavy (non-hydrogen) atoms. The highest BCUT2D eigenvalue weighted by Crippen LogP contribution is 2.20. The molecule has 1 saturated heterocycles. The molecule has 1 aliphatic heterocycles. The Labute approximate surface area is 125 Å². The Morgan fingerprint density at radius 3 is 2.85 bits per heavy atom. The van der Waals surface area contributed by atoms with Crippen molar-refractivity contribution in [1.82, 2.24) is 15.4 Å². The Balaban J connectivity index is 0.00000147. The van der Waals surface area contributed by atoms with Crippen molar-refractivity contribution in [2.75, 3.05) is 20.1 Å². The summed E-state index contributed by atoms with van der Waals surface area (Å²) in [5.74, 6) is 0.940. The normalized spacial score (nSPS) is 18.9. The van der Waals surface area contributed by atoms with E-state index in [1.54, 1.807) is 0 Å². The van der Waals surface area contributed by atoms with Crippen LogP contribution >= 0.6 is 12.4 Å². The Kier molecular flexibility index (Phi) is 5.17. The molecule has 1 unspecified atom stereocenters. The smallest absolute Gasteiger partial charge is 0.151 e. The van der Waals surface area contributed by atoms with E-state index in [2.05, 4.69) is 27.5 Å². The van der Waals surface area contributed by atoms with Crippen LogP contribution in [0.2, 0.25) is 0 Å². The second-order valence-electron chi connectivity index (χ2n) is 5.05. The zero-order valence-electron chi connectivity index (χ0n) is 11.6. The third-order valence-corrected chi connectivity index (χ3v) is 3.69. The largest absolute Gasteiger partial charge is 0.359 e. The van der Waals surface area contributed by atoms with Gasteiger partial charge in [0.1, 0.15) is 5.69 Å². The number of rotatable bonds is 4. The first-order valence-corrected chi connectivity index (χ1v) is 6.76. The molecule has 1 aromatic carbocycles. The van der Waals surface area contributed by atoms with Gasteiger partial charge in [-0.3, -0.25) is 4.90 Å². The molecule has 0 amide bonds. The van der Waals surface area contributed by atoms with Crippen molar-refractivity contribution < 1.29 is 4.52 Å². The van der Waals surface area contributed by atoms with E-state index in [0.29, 0.717) is 6.04 Å². The first-order valence-electron chi connectivity index (χ1n) is 6.76. The van der Waals surface area contributed by atoms with E-state index < -0.39 is 0 Å². The fourth-order valence-corrected chi connectivity index (χ4v) is 2.56. The van der Waals surface area contributed by atoms with E-state index in [1.165, 1.54) is 6.42 Å². The molecule has 108 valence electrons. The predicted octanol–water partition coefficient (Wildman–Crippen LogP) is 2.56. The molecular formula is C15H20ClN3O. The maximum absolute atomic E-state index is 5.44. The number of hydrogen-bond acceptors (Lipinski definition) is 4. The van der Waals surface area contributed by atoms with Crippen LogP contribution in [0.5, 0.6) is 0 Å². The molecule has 0 spiro atoms. The van der Waals surface area contributed by atoms with E-state index in [0.717, 1.165) is 36.7 Å². The lowest BCUT2D eigenvalue weighted by atomic mass is 10.1. The number of benzene rings is 1. The van der Waals surface area contributed by atoms with Crippen LogP contribution in [-0.2, 0) is 6.54 Å². The van der Waals surface area contributed by atoms with Crippen molar-refractivity contribution in [2.45, 2.75) is 19.0 Å². The van der Waals surface area contributed by atoms with Gasteiger partial charge in [0.2, 0.25) is 0 Å². The highest BCUT2D eigenvalue weighted by atomic mass is 35.5. The Morgan fingerprint density at radius 2 is 2.15 bits per heavy atom. The highest BCUT2D eigenvalue weighted by molar-refractivity contribution is 5.85. The number of nitrogens with one attached hydrogen (secondary N) is 1. The van der Waals surface area contributed by atoms with Gasteiger partial charge in [-0.25, -0.2) is 0 Å². The monoisotopic (exact) mass is 293 g/mol. The maximum Gasteiger partial charge on any atom is 0.151 e. The average Bonchev–Trinajstić information content (AvgIpc) is 3.09. The summed E-state index contributed by atoms with van der Waals surface area (Å²) in [6, 6.07) is 12.8. The molecule has 1 aliphatic rings. The van der Waals surface area contributed by atoms with Crippen molar-refractivity contribution in [3.63, 3.8) is 0 Å². The Morgan fingerprint density at radius 1 is 1.35 bits per heavy atom. The van der Waals surface area contributed by atoms with Crippen molar-refractivity contribution in [1.29, 1.82) is 0 Å². The Hall–Kier alpha value is -1.36. The number of halogens is 1. The average molecular weight is 294 g/mol. The lowest BCUT2D eigenvalue weighted by Crippen LogP contribution is -2.29. The quantitative estimate of drug-likeness (QED) is 0.941. The van der Waals surface area contributed by atoms with Gasteiger partial charge in [-0.05, 0) is 13.5 Å². The standard InChI is InChI=1S/C15H19N3O.ClH/c1-16-13-7-8-18(10-13)11-14-9-15(17-19-14)12-5-3-2-4-6-12;/h2-6,9,13,16H,7-8,10-11H2,1H3;1H. The summed E-state index contributed by atoms with van der Waals surface area (Å²) in [6.07, 6.45) is 1.20. The summed E-state index contributed by atoms with van der Waals surface area (Å²) in [7, 11) is 2.02. The minimum Gasteiger partial charge on any atom is -0.359 e. The molecule has 0 saturated carbocycles. The number of likely N-dealkylation sites (N-methyl/N-ethyl adjacent to an activating group) is 1. The molecule has 3 rings (SSSR count).